The normalized spacial score (nSPS) is 20.0. The molecule has 2 aromatic carbocycles. The molecule has 3 fully saturated rings. The molecular weight excluding hydrogens is 758 g/mol. The average molecular weight is 803 g/mol. The fraction of sp³-hybridized carbons (Fsp3) is 0.474. The minimum absolute atomic E-state index is 0.0335. The number of amides is 3. The molecule has 0 spiro atoms. The molecule has 0 bridgehead atoms. The number of hydrogen-bond donors (Lipinski definition) is 1. The van der Waals surface area contributed by atoms with Gasteiger partial charge in [-0.2, -0.15) is 4.31 Å². The number of piperidine rings is 1. The summed E-state index contributed by atoms with van der Waals surface area (Å²) in [6.07, 6.45) is -0.599. The Kier molecular flexibility index (Phi) is 11.9. The standard InChI is InChI=1S/C38H45ClF2N6O7S/c1-37(2,3)54-36(50)45-15-7-10-27(23-45)38(40,41)28-20-32(39)43-33(21-28)44-16-18-46(19-17-44)55(51,52)31-13-11-30(12-14-31)47-24-29(22-34(47)48)42-35(49)53-25-26-8-5-4-6-9-26/h4-6,8-9,11-14,20-21,27,29H,7,10,15-19,22-25H2,1-3H3,(H,42,49)/t27-,29-/m1/s1. The number of halogens is 3. The van der Waals surface area contributed by atoms with E-state index in [1.165, 1.54) is 32.3 Å². The molecule has 0 saturated carbocycles. The summed E-state index contributed by atoms with van der Waals surface area (Å²) in [4.78, 5) is 46.6. The van der Waals surface area contributed by atoms with Gasteiger partial charge in [0, 0.05) is 69.4 Å². The van der Waals surface area contributed by atoms with Gasteiger partial charge in [-0.3, -0.25) is 4.79 Å². The number of rotatable bonds is 9. The summed E-state index contributed by atoms with van der Waals surface area (Å²) in [7, 11) is -3.93. The van der Waals surface area contributed by atoms with Crippen molar-refractivity contribution in [1.29, 1.82) is 0 Å². The number of nitrogens with zero attached hydrogens (tertiary/aromatic N) is 5. The number of hydrogen-bond acceptors (Lipinski definition) is 9. The van der Waals surface area contributed by atoms with Crippen molar-refractivity contribution in [3.63, 3.8) is 0 Å². The second-order valence-corrected chi connectivity index (χ2v) is 17.2. The molecule has 6 rings (SSSR count). The minimum atomic E-state index is -3.93. The van der Waals surface area contributed by atoms with Gasteiger partial charge in [0.15, 0.2) is 0 Å². The van der Waals surface area contributed by atoms with Gasteiger partial charge in [0.25, 0.3) is 5.92 Å². The van der Waals surface area contributed by atoms with Crippen LogP contribution in [-0.4, -0.2) is 98.2 Å². The second kappa shape index (κ2) is 16.3. The first-order valence-electron chi connectivity index (χ1n) is 18.2. The van der Waals surface area contributed by atoms with Gasteiger partial charge in [-0.05, 0) is 75.6 Å². The summed E-state index contributed by atoms with van der Waals surface area (Å²) < 4.78 is 71.3. The molecule has 1 N–H and O–H groups in total. The first-order valence-corrected chi connectivity index (χ1v) is 20.0. The quantitative estimate of drug-likeness (QED) is 0.257. The predicted molar refractivity (Wildman–Crippen MR) is 202 cm³/mol. The monoisotopic (exact) mass is 802 g/mol. The highest BCUT2D eigenvalue weighted by Gasteiger charge is 2.45. The Hall–Kier alpha value is -4.54. The van der Waals surface area contributed by atoms with Crippen molar-refractivity contribution in [2.24, 2.45) is 5.92 Å². The number of likely N-dealkylation sites (tertiary alicyclic amines) is 1. The highest BCUT2D eigenvalue weighted by atomic mass is 35.5. The maximum Gasteiger partial charge on any atom is 0.410 e. The number of nitrogens with one attached hydrogen (secondary N) is 1. The Morgan fingerprint density at radius 3 is 2.33 bits per heavy atom. The molecule has 296 valence electrons. The number of alkyl carbamates (subject to hydrolysis) is 1. The van der Waals surface area contributed by atoms with Crippen molar-refractivity contribution in [3.8, 4) is 0 Å². The molecule has 3 aromatic rings. The second-order valence-electron chi connectivity index (χ2n) is 14.9. The largest absolute Gasteiger partial charge is 0.445 e. The molecule has 13 nitrogen and oxygen atoms in total. The minimum Gasteiger partial charge on any atom is -0.445 e. The van der Waals surface area contributed by atoms with E-state index in [0.717, 1.165) is 11.6 Å². The van der Waals surface area contributed by atoms with Crippen LogP contribution in [0.25, 0.3) is 0 Å². The zero-order chi connectivity index (χ0) is 39.5. The van der Waals surface area contributed by atoms with E-state index in [4.69, 9.17) is 21.1 Å². The van der Waals surface area contributed by atoms with Gasteiger partial charge in [-0.1, -0.05) is 41.9 Å². The van der Waals surface area contributed by atoms with Gasteiger partial charge < -0.3 is 29.5 Å². The Labute approximate surface area is 324 Å². The van der Waals surface area contributed by atoms with Crippen LogP contribution >= 0.6 is 11.6 Å². The van der Waals surface area contributed by atoms with E-state index in [2.05, 4.69) is 10.3 Å². The Balaban J connectivity index is 1.04. The molecule has 17 heteroatoms. The van der Waals surface area contributed by atoms with Crippen LogP contribution in [0.5, 0.6) is 0 Å². The van der Waals surface area contributed by atoms with Gasteiger partial charge in [0.2, 0.25) is 15.9 Å². The summed E-state index contributed by atoms with van der Waals surface area (Å²) in [6, 6.07) is 17.1. The lowest BCUT2D eigenvalue weighted by Crippen LogP contribution is -2.49. The van der Waals surface area contributed by atoms with Crippen molar-refractivity contribution in [2.45, 2.75) is 69.1 Å². The SMILES string of the molecule is CC(C)(C)OC(=O)N1CCC[C@@H](C(F)(F)c2cc(Cl)nc(N3CCN(S(=O)(=O)c4ccc(N5C[C@H](NC(=O)OCc6ccccc6)CC5=O)cc4)CC3)c2)C1. The maximum atomic E-state index is 16.0. The maximum absolute atomic E-state index is 16.0. The van der Waals surface area contributed by atoms with E-state index < -0.39 is 45.7 Å². The van der Waals surface area contributed by atoms with Crippen LogP contribution in [0.15, 0.2) is 71.6 Å². The summed E-state index contributed by atoms with van der Waals surface area (Å²) in [5.41, 5.74) is 0.242. The van der Waals surface area contributed by atoms with Crippen LogP contribution in [0.3, 0.4) is 0 Å². The summed E-state index contributed by atoms with van der Waals surface area (Å²) in [5, 5.41) is 2.60. The lowest BCUT2D eigenvalue weighted by Gasteiger charge is -2.38. The van der Waals surface area contributed by atoms with Crippen LogP contribution in [0.1, 0.15) is 51.2 Å². The molecule has 55 heavy (non-hydrogen) atoms. The third-order valence-corrected chi connectivity index (χ3v) is 11.9. The molecule has 0 unspecified atom stereocenters. The molecule has 4 heterocycles. The summed E-state index contributed by atoms with van der Waals surface area (Å²) in [5.74, 6) is -4.51. The lowest BCUT2D eigenvalue weighted by molar-refractivity contribution is -0.117. The third kappa shape index (κ3) is 9.65. The van der Waals surface area contributed by atoms with Crippen LogP contribution in [0.4, 0.5) is 29.9 Å². The Morgan fingerprint density at radius 1 is 0.964 bits per heavy atom. The first kappa shape index (κ1) is 40.1. The van der Waals surface area contributed by atoms with Gasteiger partial charge in [-0.15, -0.1) is 0 Å². The van der Waals surface area contributed by atoms with E-state index in [0.29, 0.717) is 18.7 Å². The van der Waals surface area contributed by atoms with Crippen molar-refractivity contribution in [2.75, 3.05) is 55.6 Å². The van der Waals surface area contributed by atoms with Crippen LogP contribution < -0.4 is 15.1 Å². The zero-order valence-corrected chi connectivity index (χ0v) is 32.5. The topological polar surface area (TPSA) is 142 Å². The van der Waals surface area contributed by atoms with E-state index in [9.17, 15) is 22.8 Å². The van der Waals surface area contributed by atoms with E-state index in [-0.39, 0.29) is 86.1 Å². The van der Waals surface area contributed by atoms with E-state index in [1.54, 1.807) is 37.8 Å². The third-order valence-electron chi connectivity index (χ3n) is 9.76. The lowest BCUT2D eigenvalue weighted by atomic mass is 9.88. The van der Waals surface area contributed by atoms with Crippen molar-refractivity contribution >= 4 is 51.2 Å². The molecule has 2 atom stereocenters. The highest BCUT2D eigenvalue weighted by molar-refractivity contribution is 7.89. The molecule has 3 aliphatic rings. The summed E-state index contributed by atoms with van der Waals surface area (Å²) in [6.45, 7) is 6.09. The van der Waals surface area contributed by atoms with Crippen molar-refractivity contribution < 1.29 is 41.1 Å². The Morgan fingerprint density at radius 2 is 1.65 bits per heavy atom. The molecule has 0 aliphatic carbocycles. The fourth-order valence-electron chi connectivity index (χ4n) is 6.93. The van der Waals surface area contributed by atoms with Gasteiger partial charge >= 0.3 is 12.2 Å². The average Bonchev–Trinajstić information content (AvgIpc) is 3.52. The Bertz CT molecular complexity index is 1980. The molecule has 3 aliphatic heterocycles. The number of anilines is 2. The van der Waals surface area contributed by atoms with Crippen LogP contribution in [0, 0.1) is 5.92 Å². The number of pyridine rings is 1. The van der Waals surface area contributed by atoms with Gasteiger partial charge in [0.05, 0.1) is 10.9 Å². The number of alkyl halides is 2. The molecular formula is C38H45ClF2N6O7S. The van der Waals surface area contributed by atoms with E-state index in [1.807, 2.05) is 30.3 Å². The van der Waals surface area contributed by atoms with Crippen LogP contribution in [0.2, 0.25) is 5.15 Å². The number of aromatic nitrogens is 1. The number of sulfonamides is 1. The number of piperazine rings is 1. The zero-order valence-electron chi connectivity index (χ0n) is 30.9. The molecule has 1 aromatic heterocycles. The predicted octanol–water partition coefficient (Wildman–Crippen LogP) is 6.02. The molecule has 0 radical (unpaired) electrons. The first-order chi connectivity index (χ1) is 26.0. The number of carbonyl (C=O) groups is 3. The molecule has 3 saturated heterocycles. The highest BCUT2D eigenvalue weighted by Crippen LogP contribution is 2.42. The number of benzene rings is 2. The summed E-state index contributed by atoms with van der Waals surface area (Å²) >= 11 is 6.27. The van der Waals surface area contributed by atoms with Crippen LogP contribution in [-0.2, 0) is 36.8 Å². The van der Waals surface area contributed by atoms with Gasteiger partial charge in [0.1, 0.15) is 23.2 Å². The molecule has 3 amide bonds. The van der Waals surface area contributed by atoms with Crippen molar-refractivity contribution in [1.82, 2.24) is 19.5 Å². The smallest absolute Gasteiger partial charge is 0.410 e. The van der Waals surface area contributed by atoms with E-state index >= 15 is 8.78 Å². The van der Waals surface area contributed by atoms with Gasteiger partial charge in [-0.25, -0.2) is 31.8 Å². The van der Waals surface area contributed by atoms with Crippen molar-refractivity contribution in [3.05, 3.63) is 83.0 Å². The number of carbonyl (C=O) groups excluding carboxylic acids is 3. The fourth-order valence-corrected chi connectivity index (χ4v) is 8.55. The number of ether oxygens (including phenoxy) is 2.